The summed E-state index contributed by atoms with van der Waals surface area (Å²) in [7, 11) is 1.92. The van der Waals surface area contributed by atoms with Crippen LogP contribution in [-0.2, 0) is 4.79 Å². The van der Waals surface area contributed by atoms with Crippen LogP contribution >= 0.6 is 11.8 Å². The fraction of sp³-hybridized carbons (Fsp3) is 0.765. The van der Waals surface area contributed by atoms with Crippen LogP contribution in [-0.4, -0.2) is 57.5 Å². The monoisotopic (exact) mass is 571 g/mol. The molecule has 1 aromatic carbocycles. The van der Waals surface area contributed by atoms with Crippen molar-refractivity contribution in [3.8, 4) is 5.75 Å². The maximum Gasteiger partial charge on any atom is 0.222 e. The minimum atomic E-state index is -0.256. The van der Waals surface area contributed by atoms with Crippen LogP contribution in [0.1, 0.15) is 132 Å². The molecule has 0 aliphatic heterocycles. The summed E-state index contributed by atoms with van der Waals surface area (Å²) in [6.45, 7) is 5.29. The van der Waals surface area contributed by atoms with Crippen molar-refractivity contribution >= 4 is 23.5 Å². The highest BCUT2D eigenvalue weighted by Gasteiger charge is 2.58. The molecule has 224 valence electrons. The van der Waals surface area contributed by atoms with Crippen LogP contribution in [0.3, 0.4) is 0 Å². The van der Waals surface area contributed by atoms with Gasteiger partial charge in [-0.15, -0.1) is 11.8 Å². The van der Waals surface area contributed by atoms with Gasteiger partial charge < -0.3 is 15.1 Å². The van der Waals surface area contributed by atoms with Crippen LogP contribution < -0.4 is 0 Å². The molecule has 6 heteroatoms. The van der Waals surface area contributed by atoms with Gasteiger partial charge in [-0.25, -0.2) is 0 Å². The van der Waals surface area contributed by atoms with E-state index in [4.69, 9.17) is 0 Å². The molecule has 2 saturated carbocycles. The Hall–Kier alpha value is -1.53. The number of unbranched alkanes of at least 4 members (excludes halogenated alkanes) is 8. The number of aliphatic hydroxyl groups excluding tert-OH is 1. The molecule has 40 heavy (non-hydrogen) atoms. The molecule has 0 spiro atoms. The van der Waals surface area contributed by atoms with E-state index in [2.05, 4.69) is 13.8 Å². The number of phenolic OH excluding ortho intramolecular Hbond substituents is 1. The Balaban J connectivity index is 1.19. The molecule has 2 unspecified atom stereocenters. The number of fused-ring (bicyclic) bond motifs is 5. The van der Waals surface area contributed by atoms with Crippen LogP contribution in [0.2, 0.25) is 0 Å². The summed E-state index contributed by atoms with van der Waals surface area (Å²) in [5.41, 5.74) is 1.78. The highest BCUT2D eigenvalue weighted by Crippen LogP contribution is 2.62. The van der Waals surface area contributed by atoms with Gasteiger partial charge in [0.2, 0.25) is 5.91 Å². The average Bonchev–Trinajstić information content (AvgIpc) is 3.25. The Kier molecular flexibility index (Phi) is 11.4. The summed E-state index contributed by atoms with van der Waals surface area (Å²) in [5.74, 6) is 2.67. The van der Waals surface area contributed by atoms with E-state index < -0.39 is 0 Å². The number of carbonyl (C=O) groups is 2. The number of carbonyl (C=O) groups excluding carboxylic acids is 2. The molecule has 2 fully saturated rings. The van der Waals surface area contributed by atoms with Crippen molar-refractivity contribution in [1.82, 2.24) is 4.90 Å². The Morgan fingerprint density at radius 3 is 2.45 bits per heavy atom. The van der Waals surface area contributed by atoms with Crippen LogP contribution in [0.25, 0.3) is 0 Å². The first kappa shape index (κ1) is 31.4. The number of thioether (sulfide) groups is 1. The molecular formula is C34H53NO4S. The van der Waals surface area contributed by atoms with Crippen molar-refractivity contribution < 1.29 is 19.8 Å². The molecule has 2 N–H and O–H groups in total. The maximum atomic E-state index is 13.8. The predicted molar refractivity (Wildman–Crippen MR) is 165 cm³/mol. The van der Waals surface area contributed by atoms with Gasteiger partial charge in [-0.3, -0.25) is 9.59 Å². The van der Waals surface area contributed by atoms with Crippen molar-refractivity contribution in [3.05, 3.63) is 29.3 Å². The predicted octanol–water partition coefficient (Wildman–Crippen LogP) is 7.73. The third-order valence-corrected chi connectivity index (χ3v) is 11.9. The first-order valence-corrected chi connectivity index (χ1v) is 17.2. The zero-order valence-electron chi connectivity index (χ0n) is 25.2. The normalized spacial score (nSPS) is 29.1. The van der Waals surface area contributed by atoms with Gasteiger partial charge in [0.15, 0.2) is 5.78 Å². The third-order valence-electron chi connectivity index (χ3n) is 10.4. The Morgan fingerprint density at radius 2 is 1.73 bits per heavy atom. The number of Topliss-reactive ketones (excluding diaryl/α,β-unsaturated/α-hetero) is 1. The zero-order valence-corrected chi connectivity index (χ0v) is 26.0. The van der Waals surface area contributed by atoms with Gasteiger partial charge in [0.1, 0.15) is 5.75 Å². The van der Waals surface area contributed by atoms with Gasteiger partial charge in [-0.2, -0.15) is 0 Å². The molecule has 3 aliphatic rings. The largest absolute Gasteiger partial charge is 0.508 e. The highest BCUT2D eigenvalue weighted by atomic mass is 32.2. The molecular weight excluding hydrogens is 518 g/mol. The Labute approximate surface area is 246 Å². The van der Waals surface area contributed by atoms with Crippen LogP contribution in [0.5, 0.6) is 5.75 Å². The number of phenols is 1. The van der Waals surface area contributed by atoms with Gasteiger partial charge in [-0.05, 0) is 91.6 Å². The second-order valence-corrected chi connectivity index (χ2v) is 14.4. The number of aromatic hydroxyl groups is 1. The summed E-state index contributed by atoms with van der Waals surface area (Å²) < 4.78 is 0. The smallest absolute Gasteiger partial charge is 0.222 e. The number of amides is 1. The minimum absolute atomic E-state index is 0.0713. The minimum Gasteiger partial charge on any atom is -0.508 e. The summed E-state index contributed by atoms with van der Waals surface area (Å²) in [6, 6.07) is 5.42. The van der Waals surface area contributed by atoms with E-state index in [1.165, 1.54) is 32.1 Å². The van der Waals surface area contributed by atoms with Gasteiger partial charge in [0.25, 0.3) is 0 Å². The first-order valence-electron chi connectivity index (χ1n) is 16.2. The SMILES string of the molecule is CCCCN(C)C(=O)CCCCCCCCCCSC1C(=O)c2cc(O)ccc2[C@H]2CC[C@]3(C)C(O)CC[C@H]3[C@H]12. The van der Waals surface area contributed by atoms with Gasteiger partial charge in [0, 0.05) is 25.6 Å². The molecule has 0 heterocycles. The molecule has 4 rings (SSSR count). The molecule has 0 bridgehead atoms. The lowest BCUT2D eigenvalue weighted by Gasteiger charge is -2.52. The van der Waals surface area contributed by atoms with Crippen molar-refractivity contribution in [2.75, 3.05) is 19.3 Å². The van der Waals surface area contributed by atoms with E-state index in [0.717, 1.165) is 81.2 Å². The molecule has 0 radical (unpaired) electrons. The van der Waals surface area contributed by atoms with Crippen LogP contribution in [0.4, 0.5) is 0 Å². The first-order chi connectivity index (χ1) is 19.3. The lowest BCUT2D eigenvalue weighted by atomic mass is 9.55. The molecule has 5 nitrogen and oxygen atoms in total. The van der Waals surface area contributed by atoms with E-state index in [0.29, 0.717) is 18.3 Å². The zero-order chi connectivity index (χ0) is 28.7. The second-order valence-electron chi connectivity index (χ2n) is 13.1. The second kappa shape index (κ2) is 14.6. The number of benzene rings is 1. The van der Waals surface area contributed by atoms with Crippen molar-refractivity contribution in [1.29, 1.82) is 0 Å². The highest BCUT2D eigenvalue weighted by molar-refractivity contribution is 8.00. The lowest BCUT2D eigenvalue weighted by molar-refractivity contribution is -0.130. The van der Waals surface area contributed by atoms with Gasteiger partial charge >= 0.3 is 0 Å². The fourth-order valence-electron chi connectivity index (χ4n) is 7.91. The molecule has 0 saturated heterocycles. The van der Waals surface area contributed by atoms with Crippen molar-refractivity contribution in [2.45, 2.75) is 127 Å². The quantitative estimate of drug-likeness (QED) is 0.211. The fourth-order valence-corrected chi connectivity index (χ4v) is 9.41. The summed E-state index contributed by atoms with van der Waals surface area (Å²) in [4.78, 5) is 27.8. The van der Waals surface area contributed by atoms with Crippen molar-refractivity contribution in [2.24, 2.45) is 17.3 Å². The van der Waals surface area contributed by atoms with E-state index >= 15 is 0 Å². The molecule has 1 aromatic rings. The van der Waals surface area contributed by atoms with Crippen LogP contribution in [0, 0.1) is 17.3 Å². The molecule has 0 aromatic heterocycles. The summed E-state index contributed by atoms with van der Waals surface area (Å²) in [5, 5.41) is 20.9. The Bertz CT molecular complexity index is 998. The van der Waals surface area contributed by atoms with Gasteiger partial charge in [-0.1, -0.05) is 64.9 Å². The van der Waals surface area contributed by atoms with E-state index in [1.807, 2.05) is 29.8 Å². The maximum absolute atomic E-state index is 13.8. The average molecular weight is 572 g/mol. The van der Waals surface area contributed by atoms with Crippen LogP contribution in [0.15, 0.2) is 18.2 Å². The van der Waals surface area contributed by atoms with E-state index in [9.17, 15) is 19.8 Å². The topological polar surface area (TPSA) is 77.8 Å². The molecule has 3 aliphatic carbocycles. The molecule has 1 amide bonds. The van der Waals surface area contributed by atoms with Gasteiger partial charge in [0.05, 0.1) is 11.4 Å². The van der Waals surface area contributed by atoms with E-state index in [-0.39, 0.29) is 40.1 Å². The lowest BCUT2D eigenvalue weighted by Crippen LogP contribution is -2.50. The number of ketones is 1. The number of hydrogen-bond donors (Lipinski definition) is 2. The summed E-state index contributed by atoms with van der Waals surface area (Å²) in [6.07, 6.45) is 15.9. The van der Waals surface area contributed by atoms with Crippen molar-refractivity contribution in [3.63, 3.8) is 0 Å². The number of aliphatic hydroxyl groups is 1. The van der Waals surface area contributed by atoms with E-state index in [1.54, 1.807) is 12.1 Å². The Morgan fingerprint density at radius 1 is 1.02 bits per heavy atom. The summed E-state index contributed by atoms with van der Waals surface area (Å²) >= 11 is 1.85. The third kappa shape index (κ3) is 7.09. The number of rotatable bonds is 15. The standard InChI is InChI=1S/C34H53NO4S/c1-4-5-21-35(3)30(38)14-12-10-8-6-7-9-11-13-22-40-33-31-26(19-20-34(2)28(31)17-18-29(34)37)25-16-15-24(36)23-27(25)32(33)39/h15-16,23,26,28-29,31,33,36-37H,4-14,17-22H2,1-3H3/t26-,28+,29?,31-,33?,34+/m1/s1. The molecule has 6 atom stereocenters. The number of nitrogens with zero attached hydrogens (tertiary/aromatic N) is 1. The number of hydrogen-bond acceptors (Lipinski definition) is 5.